The van der Waals surface area contributed by atoms with Gasteiger partial charge in [-0.25, -0.2) is 0 Å². The molecular weight excluding hydrogens is 252 g/mol. The van der Waals surface area contributed by atoms with Crippen LogP contribution in [-0.4, -0.2) is 48.2 Å². The summed E-state index contributed by atoms with van der Waals surface area (Å²) >= 11 is 0. The second-order valence-corrected chi connectivity index (χ2v) is 5.60. The predicted molar refractivity (Wildman–Crippen MR) is 81.5 cm³/mol. The molecule has 0 bridgehead atoms. The third-order valence-electron chi connectivity index (χ3n) is 4.11. The molecule has 6 heteroatoms. The molecule has 0 aliphatic carbocycles. The van der Waals surface area contributed by atoms with Gasteiger partial charge in [-0.2, -0.15) is 15.0 Å². The van der Waals surface area contributed by atoms with Gasteiger partial charge >= 0.3 is 0 Å². The molecule has 2 aliphatic heterocycles. The van der Waals surface area contributed by atoms with Gasteiger partial charge in [-0.05, 0) is 38.5 Å². The molecule has 2 saturated heterocycles. The van der Waals surface area contributed by atoms with Crippen LogP contribution in [-0.2, 0) is 0 Å². The Morgan fingerprint density at radius 3 is 1.55 bits per heavy atom. The van der Waals surface area contributed by atoms with E-state index in [1.165, 1.54) is 38.5 Å². The van der Waals surface area contributed by atoms with E-state index in [9.17, 15) is 0 Å². The van der Waals surface area contributed by atoms with E-state index in [1.54, 1.807) is 0 Å². The average Bonchev–Trinajstić information content (AvgIpc) is 2.56. The molecule has 110 valence electrons. The Balaban J connectivity index is 1.85. The number of rotatable bonds is 3. The first-order chi connectivity index (χ1) is 9.86. The lowest BCUT2D eigenvalue weighted by Crippen LogP contribution is -2.34. The Bertz CT molecular complexity index is 401. The van der Waals surface area contributed by atoms with Crippen molar-refractivity contribution >= 4 is 17.8 Å². The Morgan fingerprint density at radius 2 is 1.15 bits per heavy atom. The first-order valence-electron chi connectivity index (χ1n) is 7.80. The molecule has 0 radical (unpaired) electrons. The molecule has 1 aromatic rings. The molecule has 20 heavy (non-hydrogen) atoms. The van der Waals surface area contributed by atoms with Crippen molar-refractivity contribution in [3.05, 3.63) is 0 Å². The van der Waals surface area contributed by atoms with Gasteiger partial charge in [0, 0.05) is 33.2 Å². The quantitative estimate of drug-likeness (QED) is 0.910. The van der Waals surface area contributed by atoms with E-state index < -0.39 is 0 Å². The lowest BCUT2D eigenvalue weighted by atomic mass is 10.1. The minimum Gasteiger partial charge on any atom is -0.357 e. The van der Waals surface area contributed by atoms with Crippen LogP contribution in [0.25, 0.3) is 0 Å². The summed E-state index contributed by atoms with van der Waals surface area (Å²) < 4.78 is 0. The summed E-state index contributed by atoms with van der Waals surface area (Å²) in [5.41, 5.74) is 0. The average molecular weight is 276 g/mol. The van der Waals surface area contributed by atoms with Crippen molar-refractivity contribution in [2.24, 2.45) is 0 Å². The topological polar surface area (TPSA) is 57.2 Å². The highest BCUT2D eigenvalue weighted by molar-refractivity contribution is 5.45. The van der Waals surface area contributed by atoms with Gasteiger partial charge < -0.3 is 15.1 Å². The number of hydrogen-bond acceptors (Lipinski definition) is 6. The minimum atomic E-state index is 0.682. The van der Waals surface area contributed by atoms with Crippen molar-refractivity contribution in [3.63, 3.8) is 0 Å². The number of hydrogen-bond donors (Lipinski definition) is 1. The van der Waals surface area contributed by atoms with Crippen LogP contribution < -0.4 is 15.1 Å². The highest BCUT2D eigenvalue weighted by Gasteiger charge is 2.19. The summed E-state index contributed by atoms with van der Waals surface area (Å²) in [7, 11) is 1.87. The van der Waals surface area contributed by atoms with Crippen molar-refractivity contribution in [1.29, 1.82) is 0 Å². The van der Waals surface area contributed by atoms with Gasteiger partial charge in [0.05, 0.1) is 0 Å². The highest BCUT2D eigenvalue weighted by atomic mass is 15.4. The number of anilines is 3. The lowest BCUT2D eigenvalue weighted by molar-refractivity contribution is 0.556. The van der Waals surface area contributed by atoms with Crippen LogP contribution in [0.5, 0.6) is 0 Å². The van der Waals surface area contributed by atoms with Crippen LogP contribution in [0.1, 0.15) is 38.5 Å². The summed E-state index contributed by atoms with van der Waals surface area (Å²) in [5.74, 6) is 2.36. The number of nitrogens with zero attached hydrogens (tertiary/aromatic N) is 5. The molecule has 2 fully saturated rings. The fourth-order valence-corrected chi connectivity index (χ4v) is 2.94. The largest absolute Gasteiger partial charge is 0.357 e. The van der Waals surface area contributed by atoms with Crippen molar-refractivity contribution in [1.82, 2.24) is 15.0 Å². The zero-order valence-electron chi connectivity index (χ0n) is 12.3. The Morgan fingerprint density at radius 1 is 0.700 bits per heavy atom. The van der Waals surface area contributed by atoms with Gasteiger partial charge in [0.2, 0.25) is 17.8 Å². The molecule has 3 heterocycles. The Labute approximate surface area is 120 Å². The maximum atomic E-state index is 4.72. The van der Waals surface area contributed by atoms with Crippen molar-refractivity contribution < 1.29 is 0 Å². The second kappa shape index (κ2) is 6.24. The van der Waals surface area contributed by atoms with Crippen LogP contribution in [0.2, 0.25) is 0 Å². The SMILES string of the molecule is CNc1nc(N2CCCCC2)nc(N2CCCCC2)n1. The lowest BCUT2D eigenvalue weighted by Gasteiger charge is -2.30. The van der Waals surface area contributed by atoms with Gasteiger partial charge in [-0.15, -0.1) is 0 Å². The molecule has 2 aliphatic rings. The minimum absolute atomic E-state index is 0.682. The van der Waals surface area contributed by atoms with Gasteiger partial charge in [0.1, 0.15) is 0 Å². The molecule has 0 aromatic carbocycles. The maximum Gasteiger partial charge on any atom is 0.231 e. The van der Waals surface area contributed by atoms with E-state index >= 15 is 0 Å². The standard InChI is InChI=1S/C14H24N6/c1-15-12-16-13(19-8-4-2-5-9-19)18-14(17-12)20-10-6-3-7-11-20/h2-11H2,1H3,(H,15,16,17,18). The van der Waals surface area contributed by atoms with Gasteiger partial charge in [0.25, 0.3) is 0 Å². The van der Waals surface area contributed by atoms with Crippen LogP contribution in [0.15, 0.2) is 0 Å². The predicted octanol–water partition coefficient (Wildman–Crippen LogP) is 1.89. The van der Waals surface area contributed by atoms with Gasteiger partial charge in [-0.3, -0.25) is 0 Å². The zero-order valence-corrected chi connectivity index (χ0v) is 12.3. The molecule has 1 aromatic heterocycles. The Hall–Kier alpha value is -1.59. The summed E-state index contributed by atoms with van der Waals surface area (Å²) in [6.07, 6.45) is 7.58. The smallest absolute Gasteiger partial charge is 0.231 e. The summed E-state index contributed by atoms with van der Waals surface area (Å²) in [5, 5.41) is 3.07. The summed E-state index contributed by atoms with van der Waals surface area (Å²) in [6, 6.07) is 0. The molecule has 3 rings (SSSR count). The van der Waals surface area contributed by atoms with Gasteiger partial charge in [-0.1, -0.05) is 0 Å². The number of nitrogens with one attached hydrogen (secondary N) is 1. The fraction of sp³-hybridized carbons (Fsp3) is 0.786. The third kappa shape index (κ3) is 2.94. The summed E-state index contributed by atoms with van der Waals surface area (Å²) in [6.45, 7) is 4.25. The zero-order chi connectivity index (χ0) is 13.8. The molecule has 0 atom stereocenters. The maximum absolute atomic E-state index is 4.72. The van der Waals surface area contributed by atoms with Crippen molar-refractivity contribution in [2.75, 3.05) is 48.3 Å². The molecule has 0 saturated carbocycles. The van der Waals surface area contributed by atoms with Crippen LogP contribution in [0.4, 0.5) is 17.8 Å². The highest BCUT2D eigenvalue weighted by Crippen LogP contribution is 2.22. The van der Waals surface area contributed by atoms with E-state index in [4.69, 9.17) is 4.98 Å². The molecule has 0 unspecified atom stereocenters. The van der Waals surface area contributed by atoms with Gasteiger partial charge in [0.15, 0.2) is 0 Å². The van der Waals surface area contributed by atoms with Crippen molar-refractivity contribution in [3.8, 4) is 0 Å². The molecule has 0 amide bonds. The van der Waals surface area contributed by atoms with E-state index in [2.05, 4.69) is 25.1 Å². The van der Waals surface area contributed by atoms with Crippen molar-refractivity contribution in [2.45, 2.75) is 38.5 Å². The molecular formula is C14H24N6. The van der Waals surface area contributed by atoms with E-state index in [1.807, 2.05) is 7.05 Å². The number of piperidine rings is 2. The molecule has 0 spiro atoms. The van der Waals surface area contributed by atoms with E-state index in [0.717, 1.165) is 38.1 Å². The molecule has 1 N–H and O–H groups in total. The normalized spacial score (nSPS) is 20.1. The number of aromatic nitrogens is 3. The van der Waals surface area contributed by atoms with Crippen LogP contribution in [0.3, 0.4) is 0 Å². The van der Waals surface area contributed by atoms with Crippen LogP contribution in [0, 0.1) is 0 Å². The van der Waals surface area contributed by atoms with E-state index in [-0.39, 0.29) is 0 Å². The fourth-order valence-electron chi connectivity index (χ4n) is 2.94. The summed E-state index contributed by atoms with van der Waals surface area (Å²) in [4.78, 5) is 18.4. The molecule has 6 nitrogen and oxygen atoms in total. The monoisotopic (exact) mass is 276 g/mol. The first kappa shape index (κ1) is 13.4. The first-order valence-corrected chi connectivity index (χ1v) is 7.80. The van der Waals surface area contributed by atoms with E-state index in [0.29, 0.717) is 5.95 Å². The van der Waals surface area contributed by atoms with Crippen LogP contribution >= 0.6 is 0 Å². The Kier molecular flexibility index (Phi) is 4.18. The second-order valence-electron chi connectivity index (χ2n) is 5.60. The third-order valence-corrected chi connectivity index (χ3v) is 4.11.